The minimum Gasteiger partial charge on any atom is -0.377 e. The summed E-state index contributed by atoms with van der Waals surface area (Å²) in [5, 5.41) is 6.69. The molecule has 136 valence electrons. The van der Waals surface area contributed by atoms with Crippen LogP contribution in [0.15, 0.2) is 53.8 Å². The molecule has 5 heteroatoms. The standard InChI is InChI=1S/C20H30N4O/c1-3-15-25-17-19-10-6-5-9-18(19)16-23-20(21-4-2)22-11-14-24-12-7-8-13-24/h5-10,12-13H,3-4,11,14-17H2,1-2H3,(H2,21,22,23). The Hall–Kier alpha value is -2.27. The first-order chi connectivity index (χ1) is 12.3. The van der Waals surface area contributed by atoms with E-state index in [1.807, 2.05) is 12.1 Å². The lowest BCUT2D eigenvalue weighted by molar-refractivity contribution is 0.121. The second-order valence-electron chi connectivity index (χ2n) is 5.86. The molecule has 0 spiro atoms. The Bertz CT molecular complexity index is 622. The highest BCUT2D eigenvalue weighted by Gasteiger charge is 2.03. The summed E-state index contributed by atoms with van der Waals surface area (Å²) < 4.78 is 7.84. The molecule has 0 saturated heterocycles. The molecule has 0 aliphatic heterocycles. The third-order valence-electron chi connectivity index (χ3n) is 3.80. The van der Waals surface area contributed by atoms with Crippen LogP contribution in [-0.2, 0) is 24.4 Å². The van der Waals surface area contributed by atoms with Gasteiger partial charge in [0, 0.05) is 38.6 Å². The van der Waals surface area contributed by atoms with Crippen LogP contribution in [0, 0.1) is 0 Å². The zero-order valence-corrected chi connectivity index (χ0v) is 15.4. The maximum Gasteiger partial charge on any atom is 0.191 e. The number of guanidine groups is 1. The van der Waals surface area contributed by atoms with Crippen molar-refractivity contribution >= 4 is 5.96 Å². The fourth-order valence-corrected chi connectivity index (χ4v) is 2.51. The van der Waals surface area contributed by atoms with Crippen molar-refractivity contribution in [3.05, 3.63) is 59.9 Å². The molecule has 0 radical (unpaired) electrons. The van der Waals surface area contributed by atoms with Crippen LogP contribution in [0.4, 0.5) is 0 Å². The Morgan fingerprint density at radius 3 is 2.52 bits per heavy atom. The Balaban J connectivity index is 1.91. The first kappa shape index (κ1) is 19.1. The van der Waals surface area contributed by atoms with E-state index in [0.717, 1.165) is 38.6 Å². The second kappa shape index (κ2) is 11.3. The summed E-state index contributed by atoms with van der Waals surface area (Å²) in [4.78, 5) is 4.72. The number of rotatable bonds is 10. The molecule has 1 aromatic carbocycles. The summed E-state index contributed by atoms with van der Waals surface area (Å²) >= 11 is 0. The number of aliphatic imine (C=N–C) groups is 1. The first-order valence-corrected chi connectivity index (χ1v) is 9.11. The van der Waals surface area contributed by atoms with Gasteiger partial charge in [0.2, 0.25) is 0 Å². The molecular weight excluding hydrogens is 312 g/mol. The van der Waals surface area contributed by atoms with Gasteiger partial charge in [-0.15, -0.1) is 0 Å². The quantitative estimate of drug-likeness (QED) is 0.396. The maximum absolute atomic E-state index is 5.69. The largest absolute Gasteiger partial charge is 0.377 e. The number of benzene rings is 1. The van der Waals surface area contributed by atoms with Crippen molar-refractivity contribution in [1.82, 2.24) is 15.2 Å². The Morgan fingerprint density at radius 1 is 1.04 bits per heavy atom. The van der Waals surface area contributed by atoms with E-state index >= 15 is 0 Å². The van der Waals surface area contributed by atoms with E-state index in [0.29, 0.717) is 13.2 Å². The van der Waals surface area contributed by atoms with Crippen LogP contribution < -0.4 is 10.6 Å². The summed E-state index contributed by atoms with van der Waals surface area (Å²) in [6.45, 7) is 8.88. The van der Waals surface area contributed by atoms with E-state index in [2.05, 4.69) is 65.7 Å². The number of nitrogens with one attached hydrogen (secondary N) is 2. The molecule has 0 aliphatic rings. The van der Waals surface area contributed by atoms with Gasteiger partial charge in [-0.3, -0.25) is 0 Å². The van der Waals surface area contributed by atoms with Gasteiger partial charge in [-0.25, -0.2) is 4.99 Å². The number of nitrogens with zero attached hydrogens (tertiary/aromatic N) is 2. The molecule has 2 aromatic rings. The Morgan fingerprint density at radius 2 is 1.80 bits per heavy atom. The van der Waals surface area contributed by atoms with Crippen molar-refractivity contribution in [2.45, 2.75) is 40.0 Å². The minimum absolute atomic E-state index is 0.643. The van der Waals surface area contributed by atoms with E-state index in [1.165, 1.54) is 11.1 Å². The van der Waals surface area contributed by atoms with Crippen LogP contribution in [0.5, 0.6) is 0 Å². The maximum atomic E-state index is 5.69. The Labute approximate surface area is 151 Å². The summed E-state index contributed by atoms with van der Waals surface area (Å²) in [6, 6.07) is 12.4. The molecule has 1 aromatic heterocycles. The van der Waals surface area contributed by atoms with Crippen molar-refractivity contribution < 1.29 is 4.74 Å². The molecular formula is C20H30N4O. The Kier molecular flexibility index (Phi) is 8.63. The molecule has 5 nitrogen and oxygen atoms in total. The van der Waals surface area contributed by atoms with Crippen LogP contribution in [-0.4, -0.2) is 30.2 Å². The fourth-order valence-electron chi connectivity index (χ4n) is 2.51. The van der Waals surface area contributed by atoms with E-state index in [4.69, 9.17) is 9.73 Å². The molecule has 2 N–H and O–H groups in total. The molecule has 0 atom stereocenters. The van der Waals surface area contributed by atoms with Crippen LogP contribution in [0.3, 0.4) is 0 Å². The lowest BCUT2D eigenvalue weighted by Crippen LogP contribution is -2.38. The highest BCUT2D eigenvalue weighted by atomic mass is 16.5. The first-order valence-electron chi connectivity index (χ1n) is 9.11. The van der Waals surface area contributed by atoms with Gasteiger partial charge < -0.3 is 19.9 Å². The molecule has 0 fully saturated rings. The third-order valence-corrected chi connectivity index (χ3v) is 3.80. The average molecular weight is 342 g/mol. The van der Waals surface area contributed by atoms with Crippen LogP contribution >= 0.6 is 0 Å². The molecule has 0 bridgehead atoms. The topological polar surface area (TPSA) is 50.6 Å². The highest BCUT2D eigenvalue weighted by Crippen LogP contribution is 2.11. The van der Waals surface area contributed by atoms with Gasteiger partial charge in [-0.05, 0) is 36.6 Å². The monoisotopic (exact) mass is 342 g/mol. The molecule has 0 aliphatic carbocycles. The highest BCUT2D eigenvalue weighted by molar-refractivity contribution is 5.79. The van der Waals surface area contributed by atoms with E-state index in [-0.39, 0.29) is 0 Å². The lowest BCUT2D eigenvalue weighted by atomic mass is 10.1. The van der Waals surface area contributed by atoms with Gasteiger partial charge in [0.15, 0.2) is 5.96 Å². The lowest BCUT2D eigenvalue weighted by Gasteiger charge is -2.13. The SMILES string of the molecule is CCCOCc1ccccc1CN=C(NCC)NCCn1cccc1. The van der Waals surface area contributed by atoms with Crippen LogP contribution in [0.2, 0.25) is 0 Å². The van der Waals surface area contributed by atoms with E-state index < -0.39 is 0 Å². The molecule has 0 amide bonds. The summed E-state index contributed by atoms with van der Waals surface area (Å²) in [5.41, 5.74) is 2.42. The van der Waals surface area contributed by atoms with Crippen molar-refractivity contribution in [2.75, 3.05) is 19.7 Å². The molecule has 25 heavy (non-hydrogen) atoms. The second-order valence-corrected chi connectivity index (χ2v) is 5.86. The van der Waals surface area contributed by atoms with Crippen LogP contribution in [0.25, 0.3) is 0 Å². The van der Waals surface area contributed by atoms with Gasteiger partial charge in [0.25, 0.3) is 0 Å². The van der Waals surface area contributed by atoms with Gasteiger partial charge in [0.1, 0.15) is 0 Å². The van der Waals surface area contributed by atoms with E-state index in [1.54, 1.807) is 0 Å². The van der Waals surface area contributed by atoms with Crippen molar-refractivity contribution in [3.63, 3.8) is 0 Å². The average Bonchev–Trinajstić information content (AvgIpc) is 3.14. The molecule has 0 saturated carbocycles. The number of aromatic nitrogens is 1. The summed E-state index contributed by atoms with van der Waals surface area (Å²) in [6.07, 6.45) is 5.17. The number of ether oxygens (including phenoxy) is 1. The predicted molar refractivity (Wildman–Crippen MR) is 104 cm³/mol. The summed E-state index contributed by atoms with van der Waals surface area (Å²) in [7, 11) is 0. The smallest absolute Gasteiger partial charge is 0.191 e. The van der Waals surface area contributed by atoms with Gasteiger partial charge in [-0.1, -0.05) is 31.2 Å². The normalized spacial score (nSPS) is 11.5. The van der Waals surface area contributed by atoms with Gasteiger partial charge in [0.05, 0.1) is 13.2 Å². The fraction of sp³-hybridized carbons (Fsp3) is 0.450. The molecule has 1 heterocycles. The summed E-state index contributed by atoms with van der Waals surface area (Å²) in [5.74, 6) is 0.846. The molecule has 2 rings (SSSR count). The van der Waals surface area contributed by atoms with Crippen molar-refractivity contribution in [1.29, 1.82) is 0 Å². The number of hydrogen-bond donors (Lipinski definition) is 2. The third kappa shape index (κ3) is 7.01. The van der Waals surface area contributed by atoms with Crippen molar-refractivity contribution in [2.24, 2.45) is 4.99 Å². The van der Waals surface area contributed by atoms with E-state index in [9.17, 15) is 0 Å². The van der Waals surface area contributed by atoms with Crippen molar-refractivity contribution in [3.8, 4) is 0 Å². The number of hydrogen-bond acceptors (Lipinski definition) is 2. The predicted octanol–water partition coefficient (Wildman–Crippen LogP) is 3.17. The minimum atomic E-state index is 0.643. The van der Waals surface area contributed by atoms with Gasteiger partial charge >= 0.3 is 0 Å². The zero-order valence-electron chi connectivity index (χ0n) is 15.4. The van der Waals surface area contributed by atoms with Gasteiger partial charge in [-0.2, -0.15) is 0 Å². The van der Waals surface area contributed by atoms with Crippen LogP contribution in [0.1, 0.15) is 31.4 Å². The zero-order chi connectivity index (χ0) is 17.7. The molecule has 0 unspecified atom stereocenters.